The van der Waals surface area contributed by atoms with Crippen LogP contribution in [0, 0.1) is 11.3 Å². The van der Waals surface area contributed by atoms with Crippen LogP contribution < -0.4 is 4.90 Å². The predicted octanol–water partition coefficient (Wildman–Crippen LogP) is 1.93. The lowest BCUT2D eigenvalue weighted by Crippen LogP contribution is -2.48. The van der Waals surface area contributed by atoms with Crippen molar-refractivity contribution in [2.24, 2.45) is 0 Å². The maximum Gasteiger partial charge on any atom is 0.219 e. The van der Waals surface area contributed by atoms with Gasteiger partial charge >= 0.3 is 0 Å². The molecule has 110 valence electrons. The highest BCUT2D eigenvalue weighted by molar-refractivity contribution is 5.74. The van der Waals surface area contributed by atoms with Crippen molar-refractivity contribution in [3.63, 3.8) is 0 Å². The van der Waals surface area contributed by atoms with Crippen molar-refractivity contribution in [3.8, 4) is 6.07 Å². The fourth-order valence-corrected chi connectivity index (χ4v) is 3.75. The van der Waals surface area contributed by atoms with Gasteiger partial charge in [-0.1, -0.05) is 0 Å². The van der Waals surface area contributed by atoms with E-state index in [2.05, 4.69) is 16.0 Å². The van der Waals surface area contributed by atoms with Gasteiger partial charge in [0.05, 0.1) is 17.6 Å². The van der Waals surface area contributed by atoms with Gasteiger partial charge in [0.1, 0.15) is 11.9 Å². The quantitative estimate of drug-likeness (QED) is 0.832. The van der Waals surface area contributed by atoms with Gasteiger partial charge in [0.15, 0.2) is 0 Å². The molecule has 1 aromatic heterocycles. The molecule has 0 N–H and O–H groups in total. The van der Waals surface area contributed by atoms with E-state index in [0.29, 0.717) is 11.6 Å². The molecule has 0 spiro atoms. The molecule has 0 bridgehead atoms. The smallest absolute Gasteiger partial charge is 0.219 e. The van der Waals surface area contributed by atoms with E-state index in [9.17, 15) is 10.1 Å². The van der Waals surface area contributed by atoms with Gasteiger partial charge in [-0.25, -0.2) is 4.98 Å². The summed E-state index contributed by atoms with van der Waals surface area (Å²) in [6, 6.07) is 6.40. The summed E-state index contributed by atoms with van der Waals surface area (Å²) in [4.78, 5) is 20.5. The lowest BCUT2D eigenvalue weighted by atomic mass is 10.0. The molecule has 0 unspecified atom stereocenters. The molecule has 0 radical (unpaired) electrons. The molecule has 0 aromatic carbocycles. The van der Waals surface area contributed by atoms with Crippen LogP contribution in [0.25, 0.3) is 0 Å². The Kier molecular flexibility index (Phi) is 3.78. The van der Waals surface area contributed by atoms with Crippen LogP contribution in [0.1, 0.15) is 38.2 Å². The first-order chi connectivity index (χ1) is 10.2. The number of amides is 1. The summed E-state index contributed by atoms with van der Waals surface area (Å²) in [7, 11) is 0. The number of anilines is 1. The monoisotopic (exact) mass is 284 g/mol. The summed E-state index contributed by atoms with van der Waals surface area (Å²) in [5.74, 6) is 0.934. The number of hydrogen-bond donors (Lipinski definition) is 0. The minimum absolute atomic E-state index is 0.158. The summed E-state index contributed by atoms with van der Waals surface area (Å²) < 4.78 is 0. The Morgan fingerprint density at radius 1 is 1.33 bits per heavy atom. The van der Waals surface area contributed by atoms with Crippen molar-refractivity contribution in [1.29, 1.82) is 5.26 Å². The van der Waals surface area contributed by atoms with Crippen LogP contribution in [0.4, 0.5) is 5.82 Å². The van der Waals surface area contributed by atoms with E-state index in [-0.39, 0.29) is 11.9 Å². The zero-order valence-corrected chi connectivity index (χ0v) is 12.3. The van der Waals surface area contributed by atoms with Gasteiger partial charge in [0.2, 0.25) is 5.91 Å². The lowest BCUT2D eigenvalue weighted by Gasteiger charge is -2.35. The number of carbonyl (C=O) groups is 1. The van der Waals surface area contributed by atoms with Crippen LogP contribution in [-0.2, 0) is 4.79 Å². The first kappa shape index (κ1) is 13.9. The topological polar surface area (TPSA) is 60.2 Å². The number of nitrogens with zero attached hydrogens (tertiary/aromatic N) is 4. The highest BCUT2D eigenvalue weighted by Gasteiger charge is 2.39. The van der Waals surface area contributed by atoms with Crippen molar-refractivity contribution >= 4 is 11.7 Å². The number of aromatic nitrogens is 1. The van der Waals surface area contributed by atoms with E-state index < -0.39 is 0 Å². The van der Waals surface area contributed by atoms with Crippen LogP contribution in [-0.4, -0.2) is 41.0 Å². The van der Waals surface area contributed by atoms with Crippen molar-refractivity contribution in [3.05, 3.63) is 23.9 Å². The molecular weight excluding hydrogens is 264 g/mol. The Morgan fingerprint density at radius 3 is 2.86 bits per heavy atom. The molecule has 5 nitrogen and oxygen atoms in total. The average molecular weight is 284 g/mol. The molecule has 3 heterocycles. The Morgan fingerprint density at radius 2 is 2.10 bits per heavy atom. The van der Waals surface area contributed by atoms with Crippen LogP contribution in [0.5, 0.6) is 0 Å². The van der Waals surface area contributed by atoms with E-state index in [1.54, 1.807) is 19.2 Å². The highest BCUT2D eigenvalue weighted by Crippen LogP contribution is 2.33. The van der Waals surface area contributed by atoms with E-state index in [4.69, 9.17) is 0 Å². The summed E-state index contributed by atoms with van der Waals surface area (Å²) in [6.45, 7) is 3.43. The average Bonchev–Trinajstić information content (AvgIpc) is 3.15. The lowest BCUT2D eigenvalue weighted by molar-refractivity contribution is -0.129. The maximum atomic E-state index is 11.8. The third kappa shape index (κ3) is 2.46. The summed E-state index contributed by atoms with van der Waals surface area (Å²) >= 11 is 0. The predicted molar refractivity (Wildman–Crippen MR) is 79.7 cm³/mol. The Balaban J connectivity index is 1.89. The van der Waals surface area contributed by atoms with Gasteiger partial charge in [-0.15, -0.1) is 0 Å². The fraction of sp³-hybridized carbons (Fsp3) is 0.562. The molecule has 21 heavy (non-hydrogen) atoms. The van der Waals surface area contributed by atoms with E-state index >= 15 is 0 Å². The first-order valence-electron chi connectivity index (χ1n) is 7.61. The van der Waals surface area contributed by atoms with Gasteiger partial charge in [-0.3, -0.25) is 4.79 Å². The standard InChI is InChI=1S/C16H20N4O/c1-12(21)19-9-3-6-14(19)15-7-4-10-20(15)16-13(11-17)5-2-8-18-16/h2,5,8,14-15H,3-4,6-7,9-10H2,1H3/t14-,15-/m0/s1. The Bertz CT molecular complexity index is 580. The van der Waals surface area contributed by atoms with E-state index in [1.807, 2.05) is 11.0 Å². The third-order valence-electron chi connectivity index (χ3n) is 4.63. The third-order valence-corrected chi connectivity index (χ3v) is 4.63. The van der Waals surface area contributed by atoms with Crippen molar-refractivity contribution < 1.29 is 4.79 Å². The zero-order valence-electron chi connectivity index (χ0n) is 12.3. The van der Waals surface area contributed by atoms with E-state index in [1.165, 1.54) is 0 Å². The summed E-state index contributed by atoms with van der Waals surface area (Å²) in [5, 5.41) is 9.29. The molecule has 1 aromatic rings. The van der Waals surface area contributed by atoms with Crippen LogP contribution in [0.3, 0.4) is 0 Å². The molecular formula is C16H20N4O. The molecule has 5 heteroatoms. The molecule has 2 aliphatic heterocycles. The normalized spacial score (nSPS) is 25.1. The second-order valence-electron chi connectivity index (χ2n) is 5.81. The van der Waals surface area contributed by atoms with Gasteiger partial charge in [-0.2, -0.15) is 5.26 Å². The number of rotatable bonds is 2. The number of nitriles is 1. The Hall–Kier alpha value is -2.09. The van der Waals surface area contributed by atoms with Crippen molar-refractivity contribution in [1.82, 2.24) is 9.88 Å². The number of pyridine rings is 1. The number of likely N-dealkylation sites (tertiary alicyclic amines) is 1. The molecule has 0 saturated carbocycles. The van der Waals surface area contributed by atoms with Crippen LogP contribution in [0.2, 0.25) is 0 Å². The van der Waals surface area contributed by atoms with Crippen LogP contribution >= 0.6 is 0 Å². The van der Waals surface area contributed by atoms with Crippen molar-refractivity contribution in [2.75, 3.05) is 18.0 Å². The zero-order chi connectivity index (χ0) is 14.8. The largest absolute Gasteiger partial charge is 0.350 e. The minimum Gasteiger partial charge on any atom is -0.350 e. The fourth-order valence-electron chi connectivity index (χ4n) is 3.75. The van der Waals surface area contributed by atoms with Crippen LogP contribution in [0.15, 0.2) is 18.3 Å². The first-order valence-corrected chi connectivity index (χ1v) is 7.61. The van der Waals surface area contributed by atoms with Gasteiger partial charge in [0, 0.05) is 26.2 Å². The maximum absolute atomic E-state index is 11.8. The minimum atomic E-state index is 0.158. The van der Waals surface area contributed by atoms with Gasteiger partial charge in [0.25, 0.3) is 0 Å². The molecule has 2 aliphatic rings. The SMILES string of the molecule is CC(=O)N1CCC[C@H]1[C@@H]1CCCN1c1ncccc1C#N. The van der Waals surface area contributed by atoms with Gasteiger partial charge in [-0.05, 0) is 37.8 Å². The molecule has 2 saturated heterocycles. The molecule has 0 aliphatic carbocycles. The van der Waals surface area contributed by atoms with Gasteiger partial charge < -0.3 is 9.80 Å². The molecule has 2 atom stereocenters. The number of carbonyl (C=O) groups excluding carboxylic acids is 1. The highest BCUT2D eigenvalue weighted by atomic mass is 16.2. The molecule has 2 fully saturated rings. The second-order valence-corrected chi connectivity index (χ2v) is 5.81. The Labute approximate surface area is 125 Å². The second kappa shape index (κ2) is 5.72. The summed E-state index contributed by atoms with van der Waals surface area (Å²) in [6.07, 6.45) is 6.02. The number of hydrogen-bond acceptors (Lipinski definition) is 4. The van der Waals surface area contributed by atoms with Crippen molar-refractivity contribution in [2.45, 2.75) is 44.7 Å². The summed E-state index contributed by atoms with van der Waals surface area (Å²) in [5.41, 5.74) is 0.622. The molecule has 1 amide bonds. The molecule has 3 rings (SSSR count). The van der Waals surface area contributed by atoms with E-state index in [0.717, 1.165) is 44.6 Å².